The van der Waals surface area contributed by atoms with Crippen LogP contribution in [0.1, 0.15) is 19.8 Å². The first kappa shape index (κ1) is 9.64. The van der Waals surface area contributed by atoms with Crippen molar-refractivity contribution in [1.82, 2.24) is 5.01 Å². The van der Waals surface area contributed by atoms with E-state index < -0.39 is 15.4 Å². The van der Waals surface area contributed by atoms with Gasteiger partial charge in [-0.2, -0.15) is 5.10 Å². The van der Waals surface area contributed by atoms with Crippen molar-refractivity contribution in [1.29, 1.82) is 0 Å². The summed E-state index contributed by atoms with van der Waals surface area (Å²) in [7, 11) is -2.98. The Labute approximate surface area is 82.7 Å². The fraction of sp³-hybridized carbons (Fsp3) is 0.750. The highest BCUT2D eigenvalue weighted by Gasteiger charge is 2.46. The number of amides is 1. The van der Waals surface area contributed by atoms with E-state index in [2.05, 4.69) is 5.10 Å². The molecule has 1 amide bonds. The van der Waals surface area contributed by atoms with E-state index in [0.29, 0.717) is 6.42 Å². The maximum absolute atomic E-state index is 11.4. The van der Waals surface area contributed by atoms with Gasteiger partial charge in [-0.15, -0.1) is 0 Å². The molecular formula is C8H12N2O3S. The maximum atomic E-state index is 11.4. The quantitative estimate of drug-likeness (QED) is 0.608. The molecule has 0 N–H and O–H groups in total. The predicted octanol–water partition coefficient (Wildman–Crippen LogP) is -0.218. The van der Waals surface area contributed by atoms with E-state index in [1.54, 1.807) is 6.92 Å². The third-order valence-corrected chi connectivity index (χ3v) is 4.58. The summed E-state index contributed by atoms with van der Waals surface area (Å²) in [6.07, 6.45) is 2.30. The summed E-state index contributed by atoms with van der Waals surface area (Å²) < 4.78 is 22.6. The number of hydrazone groups is 1. The van der Waals surface area contributed by atoms with Crippen molar-refractivity contribution in [2.75, 3.05) is 11.5 Å². The molecule has 14 heavy (non-hydrogen) atoms. The fourth-order valence-corrected chi connectivity index (χ4v) is 4.06. The summed E-state index contributed by atoms with van der Waals surface area (Å²) in [5.41, 5.74) is -0.622. The van der Waals surface area contributed by atoms with E-state index in [4.69, 9.17) is 0 Å². The molecule has 0 spiro atoms. The van der Waals surface area contributed by atoms with Crippen LogP contribution in [0.4, 0.5) is 0 Å². The van der Waals surface area contributed by atoms with Crippen LogP contribution in [0.3, 0.4) is 0 Å². The summed E-state index contributed by atoms with van der Waals surface area (Å²) in [6, 6.07) is 0. The molecular weight excluding hydrogens is 204 g/mol. The first-order valence-corrected chi connectivity index (χ1v) is 6.31. The Hall–Kier alpha value is -0.910. The van der Waals surface area contributed by atoms with Crippen LogP contribution in [0.2, 0.25) is 0 Å². The molecule has 6 heteroatoms. The number of sulfone groups is 1. The number of rotatable bonds is 1. The molecule has 0 radical (unpaired) electrons. The van der Waals surface area contributed by atoms with E-state index in [9.17, 15) is 13.2 Å². The monoisotopic (exact) mass is 216 g/mol. The Morgan fingerprint density at radius 1 is 1.57 bits per heavy atom. The van der Waals surface area contributed by atoms with E-state index in [0.717, 1.165) is 0 Å². The van der Waals surface area contributed by atoms with Crippen molar-refractivity contribution in [3.63, 3.8) is 0 Å². The largest absolute Gasteiger partial charge is 0.273 e. The second kappa shape index (κ2) is 2.79. The summed E-state index contributed by atoms with van der Waals surface area (Å²) in [6.45, 7) is 1.78. The molecule has 2 aliphatic rings. The number of carbonyl (C=O) groups excluding carboxylic acids is 1. The second-order valence-electron chi connectivity index (χ2n) is 4.05. The zero-order valence-corrected chi connectivity index (χ0v) is 8.75. The molecule has 0 aromatic rings. The minimum atomic E-state index is -2.98. The Bertz CT molecular complexity index is 401. The Balaban J connectivity index is 2.26. The highest BCUT2D eigenvalue weighted by molar-refractivity contribution is 7.91. The van der Waals surface area contributed by atoms with E-state index in [1.165, 1.54) is 11.2 Å². The molecule has 0 aromatic heterocycles. The smallest absolute Gasteiger partial charge is 0.248 e. The van der Waals surface area contributed by atoms with Gasteiger partial charge in [0.2, 0.25) is 5.91 Å². The van der Waals surface area contributed by atoms with Crippen LogP contribution in [-0.2, 0) is 14.6 Å². The molecule has 2 heterocycles. The minimum absolute atomic E-state index is 0.0308. The lowest BCUT2D eigenvalue weighted by atomic mass is 10.0. The highest BCUT2D eigenvalue weighted by Crippen LogP contribution is 2.31. The first-order valence-electron chi connectivity index (χ1n) is 4.49. The predicted molar refractivity (Wildman–Crippen MR) is 51.6 cm³/mol. The van der Waals surface area contributed by atoms with Gasteiger partial charge in [0.05, 0.1) is 23.5 Å². The van der Waals surface area contributed by atoms with Crippen LogP contribution < -0.4 is 0 Å². The molecule has 5 nitrogen and oxygen atoms in total. The molecule has 2 rings (SSSR count). The maximum Gasteiger partial charge on any atom is 0.248 e. The summed E-state index contributed by atoms with van der Waals surface area (Å²) in [4.78, 5) is 11.4. The SMILES string of the molecule is CC1(N2N=CCC2=O)CCS(=O)(=O)C1. The average molecular weight is 216 g/mol. The van der Waals surface area contributed by atoms with Gasteiger partial charge in [0, 0.05) is 6.21 Å². The number of nitrogens with zero attached hydrogens (tertiary/aromatic N) is 2. The molecule has 1 saturated heterocycles. The molecule has 0 saturated carbocycles. The zero-order chi connectivity index (χ0) is 10.4. The standard InChI is InChI=1S/C8H12N2O3S/c1-8(3-5-14(12,13)6-8)10-7(11)2-4-9-10/h4H,2-3,5-6H2,1H3. The molecule has 2 aliphatic heterocycles. The third kappa shape index (κ3) is 1.43. The minimum Gasteiger partial charge on any atom is -0.273 e. The summed E-state index contributed by atoms with van der Waals surface area (Å²) in [5, 5.41) is 5.26. The van der Waals surface area contributed by atoms with Crippen LogP contribution in [0.5, 0.6) is 0 Å². The lowest BCUT2D eigenvalue weighted by Crippen LogP contribution is -2.45. The summed E-state index contributed by atoms with van der Waals surface area (Å²) in [5.74, 6) is 0.0795. The number of hydrogen-bond donors (Lipinski definition) is 0. The van der Waals surface area contributed by atoms with Gasteiger partial charge < -0.3 is 0 Å². The molecule has 1 unspecified atom stereocenters. The van der Waals surface area contributed by atoms with Gasteiger partial charge >= 0.3 is 0 Å². The zero-order valence-electron chi connectivity index (χ0n) is 7.93. The van der Waals surface area contributed by atoms with Crippen molar-refractivity contribution in [3.8, 4) is 0 Å². The van der Waals surface area contributed by atoms with Crippen LogP contribution in [-0.4, -0.2) is 42.6 Å². The Morgan fingerprint density at radius 3 is 2.71 bits per heavy atom. The van der Waals surface area contributed by atoms with E-state index >= 15 is 0 Å². The molecule has 78 valence electrons. The molecule has 0 aromatic carbocycles. The van der Waals surface area contributed by atoms with E-state index in [-0.39, 0.29) is 23.8 Å². The fourth-order valence-electron chi connectivity index (χ4n) is 1.95. The lowest BCUT2D eigenvalue weighted by molar-refractivity contribution is -0.133. The second-order valence-corrected chi connectivity index (χ2v) is 6.23. The Morgan fingerprint density at radius 2 is 2.29 bits per heavy atom. The third-order valence-electron chi connectivity index (χ3n) is 2.69. The Kier molecular flexibility index (Phi) is 1.92. The van der Waals surface area contributed by atoms with Gasteiger partial charge in [0.25, 0.3) is 0 Å². The highest BCUT2D eigenvalue weighted by atomic mass is 32.2. The number of carbonyl (C=O) groups is 1. The molecule has 0 aliphatic carbocycles. The van der Waals surface area contributed by atoms with Gasteiger partial charge in [-0.3, -0.25) is 4.79 Å². The van der Waals surface area contributed by atoms with Crippen LogP contribution >= 0.6 is 0 Å². The number of hydrogen-bond acceptors (Lipinski definition) is 4. The van der Waals surface area contributed by atoms with E-state index in [1.807, 2.05) is 0 Å². The van der Waals surface area contributed by atoms with Crippen molar-refractivity contribution in [2.24, 2.45) is 5.10 Å². The van der Waals surface area contributed by atoms with Crippen molar-refractivity contribution < 1.29 is 13.2 Å². The van der Waals surface area contributed by atoms with Gasteiger partial charge in [0.15, 0.2) is 9.84 Å². The van der Waals surface area contributed by atoms with Crippen molar-refractivity contribution in [3.05, 3.63) is 0 Å². The lowest BCUT2D eigenvalue weighted by Gasteiger charge is -2.30. The van der Waals surface area contributed by atoms with Crippen LogP contribution in [0.25, 0.3) is 0 Å². The van der Waals surface area contributed by atoms with Gasteiger partial charge in [-0.05, 0) is 13.3 Å². The topological polar surface area (TPSA) is 66.8 Å². The first-order chi connectivity index (χ1) is 6.43. The molecule has 0 bridgehead atoms. The van der Waals surface area contributed by atoms with Crippen LogP contribution in [0, 0.1) is 0 Å². The molecule has 1 fully saturated rings. The van der Waals surface area contributed by atoms with Gasteiger partial charge in [-0.25, -0.2) is 13.4 Å². The van der Waals surface area contributed by atoms with Crippen molar-refractivity contribution in [2.45, 2.75) is 25.3 Å². The van der Waals surface area contributed by atoms with Crippen molar-refractivity contribution >= 4 is 22.0 Å². The molecule has 1 atom stereocenters. The normalized spacial score (nSPS) is 35.5. The van der Waals surface area contributed by atoms with Crippen LogP contribution in [0.15, 0.2) is 5.10 Å². The van der Waals surface area contributed by atoms with Gasteiger partial charge in [-0.1, -0.05) is 0 Å². The summed E-state index contributed by atoms with van der Waals surface area (Å²) >= 11 is 0. The van der Waals surface area contributed by atoms with Gasteiger partial charge in [0.1, 0.15) is 0 Å². The average Bonchev–Trinajstić information content (AvgIpc) is 2.57.